The third-order valence-electron chi connectivity index (χ3n) is 2.07. The molecular formula is C10H9ClFN3S. The van der Waals surface area contributed by atoms with Gasteiger partial charge in [-0.3, -0.25) is 0 Å². The van der Waals surface area contributed by atoms with Crippen molar-refractivity contribution in [1.82, 2.24) is 10.2 Å². The van der Waals surface area contributed by atoms with Gasteiger partial charge in [-0.25, -0.2) is 4.39 Å². The van der Waals surface area contributed by atoms with Gasteiger partial charge in [0, 0.05) is 23.6 Å². The van der Waals surface area contributed by atoms with Crippen LogP contribution in [0.5, 0.6) is 0 Å². The highest BCUT2D eigenvalue weighted by molar-refractivity contribution is 7.11. The Bertz CT molecular complexity index is 480. The molecule has 2 N–H and O–H groups in total. The lowest BCUT2D eigenvalue weighted by atomic mass is 10.1. The molecule has 1 aromatic carbocycles. The van der Waals surface area contributed by atoms with Gasteiger partial charge in [-0.2, -0.15) is 0 Å². The summed E-state index contributed by atoms with van der Waals surface area (Å²) >= 11 is 7.28. The van der Waals surface area contributed by atoms with Crippen molar-refractivity contribution in [3.8, 4) is 0 Å². The van der Waals surface area contributed by atoms with Gasteiger partial charge in [0.2, 0.25) is 0 Å². The highest BCUT2D eigenvalue weighted by Gasteiger charge is 2.10. The number of benzene rings is 1. The molecule has 3 nitrogen and oxygen atoms in total. The second-order valence-corrected chi connectivity index (χ2v) is 4.72. The van der Waals surface area contributed by atoms with E-state index in [9.17, 15) is 4.39 Å². The van der Waals surface area contributed by atoms with Gasteiger partial charge >= 0.3 is 0 Å². The van der Waals surface area contributed by atoms with Crippen molar-refractivity contribution >= 4 is 22.9 Å². The second kappa shape index (κ2) is 4.86. The summed E-state index contributed by atoms with van der Waals surface area (Å²) < 4.78 is 13.5. The number of rotatable bonds is 3. The molecule has 0 bridgehead atoms. The third-order valence-corrected chi connectivity index (χ3v) is 3.37. The zero-order chi connectivity index (χ0) is 11.5. The molecular weight excluding hydrogens is 249 g/mol. The Hall–Kier alpha value is -1.04. The monoisotopic (exact) mass is 257 g/mol. The van der Waals surface area contributed by atoms with Crippen LogP contribution in [0.25, 0.3) is 0 Å². The Morgan fingerprint density at radius 3 is 2.69 bits per heavy atom. The van der Waals surface area contributed by atoms with E-state index < -0.39 is 0 Å². The van der Waals surface area contributed by atoms with E-state index in [-0.39, 0.29) is 5.82 Å². The average Bonchev–Trinajstić information content (AvgIpc) is 2.71. The van der Waals surface area contributed by atoms with E-state index in [1.807, 2.05) is 0 Å². The molecule has 0 unspecified atom stereocenters. The standard InChI is InChI=1S/C10H9ClFN3S/c11-7-2-1-3-8(12)6(7)4-9-14-15-10(5-13)16-9/h1-3H,4-5,13H2. The lowest BCUT2D eigenvalue weighted by Crippen LogP contribution is -1.94. The van der Waals surface area contributed by atoms with Gasteiger partial charge in [-0.15, -0.1) is 10.2 Å². The van der Waals surface area contributed by atoms with E-state index in [1.165, 1.54) is 17.4 Å². The quantitative estimate of drug-likeness (QED) is 0.919. The maximum absolute atomic E-state index is 13.5. The van der Waals surface area contributed by atoms with Gasteiger partial charge < -0.3 is 5.73 Å². The number of halogens is 2. The van der Waals surface area contributed by atoms with Gasteiger partial charge in [-0.05, 0) is 12.1 Å². The van der Waals surface area contributed by atoms with Crippen molar-refractivity contribution in [2.24, 2.45) is 5.73 Å². The maximum atomic E-state index is 13.5. The van der Waals surface area contributed by atoms with Gasteiger partial charge in [-0.1, -0.05) is 29.0 Å². The Labute approximate surface area is 101 Å². The molecule has 1 heterocycles. The van der Waals surface area contributed by atoms with Crippen LogP contribution in [-0.4, -0.2) is 10.2 Å². The summed E-state index contributed by atoms with van der Waals surface area (Å²) in [4.78, 5) is 0. The van der Waals surface area contributed by atoms with Crippen molar-refractivity contribution in [2.75, 3.05) is 0 Å². The molecule has 2 rings (SSSR count). The fourth-order valence-electron chi connectivity index (χ4n) is 1.29. The molecule has 0 saturated heterocycles. The number of aromatic nitrogens is 2. The van der Waals surface area contributed by atoms with Crippen LogP contribution in [0, 0.1) is 5.82 Å². The van der Waals surface area contributed by atoms with Gasteiger partial charge in [0.05, 0.1) is 0 Å². The lowest BCUT2D eigenvalue weighted by Gasteiger charge is -2.02. The zero-order valence-corrected chi connectivity index (χ0v) is 9.85. The lowest BCUT2D eigenvalue weighted by molar-refractivity contribution is 0.613. The first kappa shape index (κ1) is 11.4. The Morgan fingerprint density at radius 2 is 2.06 bits per heavy atom. The van der Waals surface area contributed by atoms with Gasteiger partial charge in [0.1, 0.15) is 15.8 Å². The average molecular weight is 258 g/mol. The first-order chi connectivity index (χ1) is 7.70. The minimum atomic E-state index is -0.322. The number of hydrogen-bond donors (Lipinski definition) is 1. The molecule has 2 aromatic rings. The minimum absolute atomic E-state index is 0.322. The third kappa shape index (κ3) is 2.37. The summed E-state index contributed by atoms with van der Waals surface area (Å²) in [5, 5.41) is 9.66. The molecule has 1 aromatic heterocycles. The molecule has 16 heavy (non-hydrogen) atoms. The summed E-state index contributed by atoms with van der Waals surface area (Å²) in [6, 6.07) is 4.61. The SMILES string of the molecule is NCc1nnc(Cc2c(F)cccc2Cl)s1. The molecule has 0 aliphatic carbocycles. The van der Waals surface area contributed by atoms with Crippen molar-refractivity contribution in [3.05, 3.63) is 44.6 Å². The fourth-order valence-corrected chi connectivity index (χ4v) is 2.26. The minimum Gasteiger partial charge on any atom is -0.324 e. The van der Waals surface area contributed by atoms with Crippen molar-refractivity contribution in [1.29, 1.82) is 0 Å². The summed E-state index contributed by atoms with van der Waals surface area (Å²) in [6.07, 6.45) is 0.350. The topological polar surface area (TPSA) is 51.8 Å². The predicted molar refractivity (Wildman–Crippen MR) is 62.0 cm³/mol. The molecule has 6 heteroatoms. The first-order valence-corrected chi connectivity index (χ1v) is 5.84. The molecule has 84 valence electrons. The Balaban J connectivity index is 2.26. The van der Waals surface area contributed by atoms with Crippen LogP contribution in [0.15, 0.2) is 18.2 Å². The van der Waals surface area contributed by atoms with Crippen molar-refractivity contribution in [3.63, 3.8) is 0 Å². The highest BCUT2D eigenvalue weighted by atomic mass is 35.5. The number of nitrogens with zero attached hydrogens (tertiary/aromatic N) is 2. The van der Waals surface area contributed by atoms with Crippen LogP contribution < -0.4 is 5.73 Å². The van der Waals surface area contributed by atoms with Crippen molar-refractivity contribution in [2.45, 2.75) is 13.0 Å². The van der Waals surface area contributed by atoms with E-state index in [0.717, 1.165) is 5.01 Å². The normalized spacial score (nSPS) is 10.7. The summed E-state index contributed by atoms with van der Waals surface area (Å²) in [5.41, 5.74) is 5.87. The Kier molecular flexibility index (Phi) is 3.48. The Morgan fingerprint density at radius 1 is 1.31 bits per heavy atom. The first-order valence-electron chi connectivity index (χ1n) is 4.65. The molecule has 0 spiro atoms. The fraction of sp³-hybridized carbons (Fsp3) is 0.200. The molecule has 0 saturated carbocycles. The number of hydrogen-bond acceptors (Lipinski definition) is 4. The van der Waals surface area contributed by atoms with Crippen LogP contribution in [-0.2, 0) is 13.0 Å². The largest absolute Gasteiger partial charge is 0.324 e. The second-order valence-electron chi connectivity index (χ2n) is 3.17. The van der Waals surface area contributed by atoms with E-state index in [2.05, 4.69) is 10.2 Å². The van der Waals surface area contributed by atoms with Crippen LogP contribution in [0.3, 0.4) is 0 Å². The maximum Gasteiger partial charge on any atom is 0.131 e. The predicted octanol–water partition coefficient (Wildman–Crippen LogP) is 2.38. The molecule has 0 radical (unpaired) electrons. The van der Waals surface area contributed by atoms with Gasteiger partial charge in [0.15, 0.2) is 0 Å². The van der Waals surface area contributed by atoms with E-state index in [0.29, 0.717) is 28.6 Å². The zero-order valence-electron chi connectivity index (χ0n) is 8.28. The van der Waals surface area contributed by atoms with E-state index in [1.54, 1.807) is 12.1 Å². The van der Waals surface area contributed by atoms with E-state index in [4.69, 9.17) is 17.3 Å². The molecule has 0 atom stereocenters. The molecule has 0 fully saturated rings. The summed E-state index contributed by atoms with van der Waals surface area (Å²) in [6.45, 7) is 0.350. The summed E-state index contributed by atoms with van der Waals surface area (Å²) in [7, 11) is 0. The van der Waals surface area contributed by atoms with Crippen molar-refractivity contribution < 1.29 is 4.39 Å². The smallest absolute Gasteiger partial charge is 0.131 e. The van der Waals surface area contributed by atoms with Crippen LogP contribution in [0.2, 0.25) is 5.02 Å². The van der Waals surface area contributed by atoms with E-state index >= 15 is 0 Å². The van der Waals surface area contributed by atoms with Crippen LogP contribution in [0.4, 0.5) is 4.39 Å². The van der Waals surface area contributed by atoms with Gasteiger partial charge in [0.25, 0.3) is 0 Å². The van der Waals surface area contributed by atoms with Crippen LogP contribution >= 0.6 is 22.9 Å². The van der Waals surface area contributed by atoms with Crippen LogP contribution in [0.1, 0.15) is 15.6 Å². The highest BCUT2D eigenvalue weighted by Crippen LogP contribution is 2.23. The summed E-state index contributed by atoms with van der Waals surface area (Å²) in [5.74, 6) is -0.322. The molecule has 0 aliphatic rings. The molecule has 0 amide bonds. The number of nitrogens with two attached hydrogens (primary N) is 1. The molecule has 0 aliphatic heterocycles.